The SMILES string of the molecule is CCNC(Cc1cc(C)nn1CC)c1ccc(C)c(C)c1. The third-order valence-corrected chi connectivity index (χ3v) is 4.08. The third kappa shape index (κ3) is 3.73. The predicted molar refractivity (Wildman–Crippen MR) is 88.7 cm³/mol. The molecule has 114 valence electrons. The summed E-state index contributed by atoms with van der Waals surface area (Å²) in [6, 6.07) is 9.32. The highest BCUT2D eigenvalue weighted by Gasteiger charge is 2.15. The predicted octanol–water partition coefficient (Wildman–Crippen LogP) is 3.72. The van der Waals surface area contributed by atoms with E-state index in [1.165, 1.54) is 22.4 Å². The van der Waals surface area contributed by atoms with Gasteiger partial charge in [-0.2, -0.15) is 5.10 Å². The lowest BCUT2D eigenvalue weighted by Crippen LogP contribution is -2.24. The van der Waals surface area contributed by atoms with Crippen LogP contribution in [0.15, 0.2) is 24.3 Å². The van der Waals surface area contributed by atoms with Gasteiger partial charge in [0.05, 0.1) is 5.69 Å². The molecule has 0 saturated carbocycles. The molecular weight excluding hydrogens is 258 g/mol. The molecule has 3 heteroatoms. The van der Waals surface area contributed by atoms with Gasteiger partial charge in [-0.3, -0.25) is 4.68 Å². The molecule has 0 amide bonds. The first kappa shape index (κ1) is 15.8. The summed E-state index contributed by atoms with van der Waals surface area (Å²) in [6.45, 7) is 12.6. The number of hydrogen-bond acceptors (Lipinski definition) is 2. The van der Waals surface area contributed by atoms with Crippen LogP contribution in [0.1, 0.15) is 48.0 Å². The van der Waals surface area contributed by atoms with Crippen molar-refractivity contribution in [3.05, 3.63) is 52.3 Å². The second-order valence-electron chi connectivity index (χ2n) is 5.75. The largest absolute Gasteiger partial charge is 0.310 e. The fraction of sp³-hybridized carbons (Fsp3) is 0.500. The zero-order valence-electron chi connectivity index (χ0n) is 13.9. The molecule has 0 spiro atoms. The maximum absolute atomic E-state index is 4.56. The van der Waals surface area contributed by atoms with E-state index >= 15 is 0 Å². The Balaban J connectivity index is 2.27. The number of rotatable bonds is 6. The monoisotopic (exact) mass is 285 g/mol. The Bertz CT molecular complexity index is 599. The number of likely N-dealkylation sites (N-methyl/N-ethyl adjacent to an activating group) is 1. The Hall–Kier alpha value is -1.61. The fourth-order valence-corrected chi connectivity index (χ4v) is 2.78. The third-order valence-electron chi connectivity index (χ3n) is 4.08. The topological polar surface area (TPSA) is 29.9 Å². The summed E-state index contributed by atoms with van der Waals surface area (Å²) in [5.41, 5.74) is 6.47. The highest BCUT2D eigenvalue weighted by atomic mass is 15.3. The number of nitrogens with zero attached hydrogens (tertiary/aromatic N) is 2. The Morgan fingerprint density at radius 1 is 1.10 bits per heavy atom. The van der Waals surface area contributed by atoms with Gasteiger partial charge in [0.1, 0.15) is 0 Å². The normalized spacial score (nSPS) is 12.6. The van der Waals surface area contributed by atoms with Crippen molar-refractivity contribution in [1.82, 2.24) is 15.1 Å². The summed E-state index contributed by atoms with van der Waals surface area (Å²) in [6.07, 6.45) is 0.977. The molecule has 0 aliphatic heterocycles. The van der Waals surface area contributed by atoms with Crippen LogP contribution < -0.4 is 5.32 Å². The van der Waals surface area contributed by atoms with Gasteiger partial charge < -0.3 is 5.32 Å². The van der Waals surface area contributed by atoms with E-state index in [4.69, 9.17) is 0 Å². The van der Waals surface area contributed by atoms with Crippen LogP contribution in [0.2, 0.25) is 0 Å². The van der Waals surface area contributed by atoms with Crippen molar-refractivity contribution >= 4 is 0 Å². The summed E-state index contributed by atoms with van der Waals surface area (Å²) in [7, 11) is 0. The second-order valence-corrected chi connectivity index (χ2v) is 5.75. The average molecular weight is 285 g/mol. The van der Waals surface area contributed by atoms with E-state index in [0.29, 0.717) is 6.04 Å². The van der Waals surface area contributed by atoms with Crippen LogP contribution in [0.3, 0.4) is 0 Å². The van der Waals surface area contributed by atoms with Gasteiger partial charge in [0.2, 0.25) is 0 Å². The summed E-state index contributed by atoms with van der Waals surface area (Å²) in [5.74, 6) is 0. The van der Waals surface area contributed by atoms with Gasteiger partial charge in [-0.15, -0.1) is 0 Å². The summed E-state index contributed by atoms with van der Waals surface area (Å²) < 4.78 is 2.11. The molecule has 0 bridgehead atoms. The van der Waals surface area contributed by atoms with Gasteiger partial charge in [-0.05, 0) is 57.0 Å². The zero-order chi connectivity index (χ0) is 15.4. The maximum Gasteiger partial charge on any atom is 0.0596 e. The van der Waals surface area contributed by atoms with Gasteiger partial charge in [0.15, 0.2) is 0 Å². The molecule has 0 saturated heterocycles. The zero-order valence-corrected chi connectivity index (χ0v) is 13.9. The van der Waals surface area contributed by atoms with Crippen molar-refractivity contribution in [2.45, 2.75) is 53.6 Å². The van der Waals surface area contributed by atoms with E-state index in [1.807, 2.05) is 0 Å². The van der Waals surface area contributed by atoms with Crippen LogP contribution in [-0.4, -0.2) is 16.3 Å². The molecule has 2 aromatic rings. The van der Waals surface area contributed by atoms with Crippen molar-refractivity contribution in [1.29, 1.82) is 0 Å². The molecule has 0 aliphatic carbocycles. The summed E-state index contributed by atoms with van der Waals surface area (Å²) in [4.78, 5) is 0. The van der Waals surface area contributed by atoms with Gasteiger partial charge >= 0.3 is 0 Å². The molecule has 1 atom stereocenters. The van der Waals surface area contributed by atoms with E-state index in [9.17, 15) is 0 Å². The molecule has 1 heterocycles. The highest BCUT2D eigenvalue weighted by molar-refractivity contribution is 5.32. The Labute approximate surface area is 128 Å². The number of benzene rings is 1. The first-order valence-corrected chi connectivity index (χ1v) is 7.89. The molecule has 21 heavy (non-hydrogen) atoms. The lowest BCUT2D eigenvalue weighted by molar-refractivity contribution is 0.516. The molecule has 1 N–H and O–H groups in total. The molecule has 3 nitrogen and oxygen atoms in total. The smallest absolute Gasteiger partial charge is 0.0596 e. The molecule has 0 radical (unpaired) electrons. The number of hydrogen-bond donors (Lipinski definition) is 1. The molecule has 0 fully saturated rings. The Morgan fingerprint density at radius 2 is 1.86 bits per heavy atom. The van der Waals surface area contributed by atoms with Crippen LogP contribution in [0, 0.1) is 20.8 Å². The standard InChI is InChI=1S/C18H27N3/c1-6-19-18(16-9-8-13(3)14(4)10-16)12-17-11-15(5)20-21(17)7-2/h8-11,18-19H,6-7,12H2,1-5H3. The lowest BCUT2D eigenvalue weighted by atomic mass is 9.97. The first-order chi connectivity index (χ1) is 10.0. The quantitative estimate of drug-likeness (QED) is 0.876. The highest BCUT2D eigenvalue weighted by Crippen LogP contribution is 2.21. The van der Waals surface area contributed by atoms with Crippen LogP contribution in [0.25, 0.3) is 0 Å². The van der Waals surface area contributed by atoms with Crippen LogP contribution >= 0.6 is 0 Å². The van der Waals surface area contributed by atoms with Crippen molar-refractivity contribution in [2.24, 2.45) is 0 Å². The van der Waals surface area contributed by atoms with Crippen LogP contribution in [-0.2, 0) is 13.0 Å². The number of nitrogens with one attached hydrogen (secondary N) is 1. The van der Waals surface area contributed by atoms with Crippen LogP contribution in [0.5, 0.6) is 0 Å². The minimum absolute atomic E-state index is 0.343. The van der Waals surface area contributed by atoms with Gasteiger partial charge in [-0.25, -0.2) is 0 Å². The summed E-state index contributed by atoms with van der Waals surface area (Å²) >= 11 is 0. The van der Waals surface area contributed by atoms with Crippen molar-refractivity contribution in [2.75, 3.05) is 6.54 Å². The molecular formula is C18H27N3. The second kappa shape index (κ2) is 6.90. The average Bonchev–Trinajstić information content (AvgIpc) is 2.81. The fourth-order valence-electron chi connectivity index (χ4n) is 2.78. The van der Waals surface area contributed by atoms with Crippen molar-refractivity contribution < 1.29 is 0 Å². The molecule has 2 rings (SSSR count). The maximum atomic E-state index is 4.56. The minimum atomic E-state index is 0.343. The number of aromatic nitrogens is 2. The summed E-state index contributed by atoms with van der Waals surface area (Å²) in [5, 5.41) is 8.17. The van der Waals surface area contributed by atoms with E-state index in [2.05, 4.69) is 74.0 Å². The van der Waals surface area contributed by atoms with E-state index in [-0.39, 0.29) is 0 Å². The van der Waals surface area contributed by atoms with Crippen LogP contribution in [0.4, 0.5) is 0 Å². The van der Waals surface area contributed by atoms with Crippen molar-refractivity contribution in [3.63, 3.8) is 0 Å². The van der Waals surface area contributed by atoms with Gasteiger partial charge in [0, 0.05) is 24.7 Å². The Kier molecular flexibility index (Phi) is 5.18. The molecule has 0 aliphatic rings. The van der Waals surface area contributed by atoms with E-state index in [1.54, 1.807) is 0 Å². The van der Waals surface area contributed by atoms with Crippen molar-refractivity contribution in [3.8, 4) is 0 Å². The molecule has 1 unspecified atom stereocenters. The van der Waals surface area contributed by atoms with Gasteiger partial charge in [0.25, 0.3) is 0 Å². The molecule has 1 aromatic carbocycles. The molecule has 1 aromatic heterocycles. The van der Waals surface area contributed by atoms with Gasteiger partial charge in [-0.1, -0.05) is 25.1 Å². The first-order valence-electron chi connectivity index (χ1n) is 7.89. The Morgan fingerprint density at radius 3 is 2.48 bits per heavy atom. The van der Waals surface area contributed by atoms with E-state index < -0.39 is 0 Å². The number of aryl methyl sites for hydroxylation is 4. The lowest BCUT2D eigenvalue weighted by Gasteiger charge is -2.20. The minimum Gasteiger partial charge on any atom is -0.310 e. The van der Waals surface area contributed by atoms with E-state index in [0.717, 1.165) is 25.2 Å².